The van der Waals surface area contributed by atoms with Crippen molar-refractivity contribution in [1.29, 1.82) is 0 Å². The van der Waals surface area contributed by atoms with Crippen LogP contribution in [0, 0.1) is 19.7 Å². The van der Waals surface area contributed by atoms with Gasteiger partial charge in [-0.1, -0.05) is 6.42 Å². The molecule has 0 saturated carbocycles. The van der Waals surface area contributed by atoms with Gasteiger partial charge in [0.2, 0.25) is 0 Å². The molecule has 1 aromatic carbocycles. The highest BCUT2D eigenvalue weighted by molar-refractivity contribution is 7.89. The predicted octanol–water partition coefficient (Wildman–Crippen LogP) is 1.70. The number of sulfonamides is 1. The topological polar surface area (TPSA) is 75.4 Å². The third-order valence-electron chi connectivity index (χ3n) is 3.58. The molecule has 0 amide bonds. The molecule has 0 radical (unpaired) electrons. The Labute approximate surface area is 119 Å². The minimum absolute atomic E-state index is 0.0713. The molecule has 0 spiro atoms. The quantitative estimate of drug-likeness (QED) is 0.833. The van der Waals surface area contributed by atoms with Gasteiger partial charge in [-0.25, -0.2) is 17.8 Å². The van der Waals surface area contributed by atoms with Crippen LogP contribution >= 0.6 is 0 Å². The highest BCUT2D eigenvalue weighted by atomic mass is 32.2. The Balaban J connectivity index is 2.36. The first-order chi connectivity index (χ1) is 9.33. The zero-order valence-electron chi connectivity index (χ0n) is 11.7. The van der Waals surface area contributed by atoms with Gasteiger partial charge in [-0.3, -0.25) is 0 Å². The lowest BCUT2D eigenvalue weighted by Gasteiger charge is -2.27. The lowest BCUT2D eigenvalue weighted by atomic mass is 10.1. The molecule has 1 aromatic rings. The summed E-state index contributed by atoms with van der Waals surface area (Å²) in [5.41, 5.74) is 6.10. The Bertz CT molecular complexity index is 611. The van der Waals surface area contributed by atoms with E-state index in [9.17, 15) is 12.8 Å². The average Bonchev–Trinajstić information content (AvgIpc) is 2.36. The molecular formula is C13H20FN3O2S. The first-order valence-electron chi connectivity index (χ1n) is 6.65. The third kappa shape index (κ3) is 2.94. The number of nitrogens with two attached hydrogens (primary N) is 1. The first-order valence-corrected chi connectivity index (χ1v) is 8.14. The van der Waals surface area contributed by atoms with Crippen molar-refractivity contribution < 1.29 is 12.8 Å². The second-order valence-corrected chi connectivity index (χ2v) is 6.78. The second kappa shape index (κ2) is 5.67. The van der Waals surface area contributed by atoms with Gasteiger partial charge in [-0.05, 0) is 43.9 Å². The van der Waals surface area contributed by atoms with Gasteiger partial charge < -0.3 is 5.73 Å². The molecule has 0 bridgehead atoms. The normalized spacial score (nSPS) is 17.4. The van der Waals surface area contributed by atoms with Crippen molar-refractivity contribution in [2.24, 2.45) is 0 Å². The van der Waals surface area contributed by atoms with Gasteiger partial charge in [0.05, 0.1) is 10.6 Å². The maximum atomic E-state index is 13.5. The van der Waals surface area contributed by atoms with Crippen LogP contribution in [-0.4, -0.2) is 26.5 Å². The molecule has 0 aliphatic carbocycles. The van der Waals surface area contributed by atoms with E-state index >= 15 is 0 Å². The molecule has 1 saturated heterocycles. The van der Waals surface area contributed by atoms with Crippen molar-refractivity contribution in [2.45, 2.75) is 38.0 Å². The molecular weight excluding hydrogens is 281 g/mol. The minimum Gasteiger partial charge on any atom is -0.396 e. The van der Waals surface area contributed by atoms with Crippen molar-refractivity contribution in [3.63, 3.8) is 0 Å². The van der Waals surface area contributed by atoms with E-state index in [1.165, 1.54) is 6.92 Å². The van der Waals surface area contributed by atoms with E-state index in [1.54, 1.807) is 11.9 Å². The summed E-state index contributed by atoms with van der Waals surface area (Å²) in [5.74, 6) is -0.586. The average molecular weight is 301 g/mol. The lowest BCUT2D eigenvalue weighted by molar-refractivity contribution is 0.200. The molecule has 3 N–H and O–H groups in total. The Morgan fingerprint density at radius 2 is 1.85 bits per heavy atom. The maximum absolute atomic E-state index is 13.5. The van der Waals surface area contributed by atoms with E-state index in [0.29, 0.717) is 18.7 Å². The van der Waals surface area contributed by atoms with Gasteiger partial charge in [0, 0.05) is 13.1 Å². The van der Waals surface area contributed by atoms with E-state index in [2.05, 4.69) is 4.83 Å². The van der Waals surface area contributed by atoms with Crippen LogP contribution in [0.5, 0.6) is 0 Å². The SMILES string of the molecule is Cc1cc(F)c(N)c(C)c1S(=O)(=O)NN1CCCCC1. The number of halogens is 1. The molecule has 0 unspecified atom stereocenters. The van der Waals surface area contributed by atoms with Crippen molar-refractivity contribution in [3.05, 3.63) is 23.0 Å². The van der Waals surface area contributed by atoms with Crippen LogP contribution in [0.4, 0.5) is 10.1 Å². The molecule has 1 aliphatic heterocycles. The van der Waals surface area contributed by atoms with E-state index in [0.717, 1.165) is 25.3 Å². The minimum atomic E-state index is -3.73. The number of nitrogens with zero attached hydrogens (tertiary/aromatic N) is 1. The van der Waals surface area contributed by atoms with Crippen LogP contribution in [0.25, 0.3) is 0 Å². The molecule has 1 fully saturated rings. The number of aryl methyl sites for hydroxylation is 1. The Hall–Kier alpha value is -1.18. The lowest BCUT2D eigenvalue weighted by Crippen LogP contribution is -2.45. The van der Waals surface area contributed by atoms with Crippen LogP contribution in [0.15, 0.2) is 11.0 Å². The number of benzene rings is 1. The van der Waals surface area contributed by atoms with Crippen LogP contribution in [-0.2, 0) is 10.0 Å². The second-order valence-electron chi connectivity index (χ2n) is 5.19. The van der Waals surface area contributed by atoms with E-state index in [-0.39, 0.29) is 16.1 Å². The monoisotopic (exact) mass is 301 g/mol. The van der Waals surface area contributed by atoms with Crippen LogP contribution in [0.2, 0.25) is 0 Å². The van der Waals surface area contributed by atoms with Gasteiger partial charge in [-0.15, -0.1) is 4.83 Å². The van der Waals surface area contributed by atoms with Crippen molar-refractivity contribution >= 4 is 15.7 Å². The first kappa shape index (κ1) is 15.2. The fourth-order valence-electron chi connectivity index (χ4n) is 2.54. The highest BCUT2D eigenvalue weighted by Gasteiger charge is 2.25. The number of nitrogen functional groups attached to an aromatic ring is 1. The molecule has 112 valence electrons. The van der Waals surface area contributed by atoms with E-state index in [4.69, 9.17) is 5.73 Å². The molecule has 1 heterocycles. The number of nitrogens with one attached hydrogen (secondary N) is 1. The number of hydrogen-bond donors (Lipinski definition) is 2. The number of hydrazine groups is 1. The third-order valence-corrected chi connectivity index (χ3v) is 5.24. The number of piperidine rings is 1. The molecule has 1 aliphatic rings. The summed E-state index contributed by atoms with van der Waals surface area (Å²) in [5, 5.41) is 1.69. The predicted molar refractivity (Wildman–Crippen MR) is 76.0 cm³/mol. The van der Waals surface area contributed by atoms with Crippen LogP contribution in [0.3, 0.4) is 0 Å². The Kier molecular flexibility index (Phi) is 4.31. The number of hydrogen-bond acceptors (Lipinski definition) is 4. The summed E-state index contributed by atoms with van der Waals surface area (Å²) in [4.78, 5) is 2.64. The zero-order chi connectivity index (χ0) is 14.9. The molecule has 5 nitrogen and oxygen atoms in total. The standard InChI is InChI=1S/C13H20FN3O2S/c1-9-8-11(14)12(15)10(2)13(9)20(18,19)16-17-6-4-3-5-7-17/h8,16H,3-7,15H2,1-2H3. The summed E-state index contributed by atoms with van der Waals surface area (Å²) < 4.78 is 38.5. The fraction of sp³-hybridized carbons (Fsp3) is 0.538. The molecule has 0 atom stereocenters. The molecule has 20 heavy (non-hydrogen) atoms. The van der Waals surface area contributed by atoms with Crippen molar-refractivity contribution in [1.82, 2.24) is 9.84 Å². The van der Waals surface area contributed by atoms with E-state index < -0.39 is 15.8 Å². The molecule has 0 aromatic heterocycles. The Morgan fingerprint density at radius 3 is 2.45 bits per heavy atom. The van der Waals surface area contributed by atoms with Gasteiger partial charge in [0.1, 0.15) is 5.82 Å². The van der Waals surface area contributed by atoms with Crippen molar-refractivity contribution in [3.8, 4) is 0 Å². The fourth-order valence-corrected chi connectivity index (χ4v) is 4.15. The summed E-state index contributed by atoms with van der Waals surface area (Å²) >= 11 is 0. The number of anilines is 1. The summed E-state index contributed by atoms with van der Waals surface area (Å²) in [7, 11) is -3.73. The van der Waals surface area contributed by atoms with Gasteiger partial charge in [0.15, 0.2) is 0 Å². The zero-order valence-corrected chi connectivity index (χ0v) is 12.6. The summed E-state index contributed by atoms with van der Waals surface area (Å²) in [6.07, 6.45) is 3.04. The van der Waals surface area contributed by atoms with Crippen molar-refractivity contribution in [2.75, 3.05) is 18.8 Å². The summed E-state index contributed by atoms with van der Waals surface area (Å²) in [6, 6.07) is 1.16. The maximum Gasteiger partial charge on any atom is 0.254 e. The Morgan fingerprint density at radius 1 is 1.25 bits per heavy atom. The van der Waals surface area contributed by atoms with Crippen LogP contribution in [0.1, 0.15) is 30.4 Å². The van der Waals surface area contributed by atoms with Gasteiger partial charge in [0.25, 0.3) is 10.0 Å². The highest BCUT2D eigenvalue weighted by Crippen LogP contribution is 2.27. The van der Waals surface area contributed by atoms with E-state index in [1.807, 2.05) is 0 Å². The molecule has 2 rings (SSSR count). The van der Waals surface area contributed by atoms with Gasteiger partial charge >= 0.3 is 0 Å². The van der Waals surface area contributed by atoms with Gasteiger partial charge in [-0.2, -0.15) is 0 Å². The molecule has 7 heteroatoms. The smallest absolute Gasteiger partial charge is 0.254 e. The van der Waals surface area contributed by atoms with Crippen LogP contribution < -0.4 is 10.6 Å². The summed E-state index contributed by atoms with van der Waals surface area (Å²) in [6.45, 7) is 4.47. The number of rotatable bonds is 3. The largest absolute Gasteiger partial charge is 0.396 e.